The van der Waals surface area contributed by atoms with E-state index in [9.17, 15) is 0 Å². The molecule has 0 N–H and O–H groups in total. The minimum absolute atomic E-state index is 0.229. The van der Waals surface area contributed by atoms with E-state index in [0.717, 1.165) is 18.5 Å². The maximum Gasteiger partial charge on any atom is 0.0977 e. The van der Waals surface area contributed by atoms with Crippen molar-refractivity contribution >= 4 is 16.6 Å². The van der Waals surface area contributed by atoms with E-state index in [2.05, 4.69) is 82.4 Å². The van der Waals surface area contributed by atoms with Crippen molar-refractivity contribution in [3.63, 3.8) is 0 Å². The molecule has 4 aromatic rings. The summed E-state index contributed by atoms with van der Waals surface area (Å²) in [6, 6.07) is 26.2. The van der Waals surface area contributed by atoms with E-state index in [0.29, 0.717) is 0 Å². The molecule has 3 aromatic carbocycles. The molecule has 0 spiro atoms. The average molecular weight is 323 g/mol. The monoisotopic (exact) mass is 323 g/mol. The van der Waals surface area contributed by atoms with Crippen LogP contribution in [0.25, 0.3) is 16.6 Å². The van der Waals surface area contributed by atoms with Crippen molar-refractivity contribution in [1.29, 1.82) is 0 Å². The number of aromatic nitrogens is 2. The van der Waals surface area contributed by atoms with E-state index >= 15 is 0 Å². The highest BCUT2D eigenvalue weighted by Gasteiger charge is 2.37. The Morgan fingerprint density at radius 3 is 2.52 bits per heavy atom. The van der Waals surface area contributed by atoms with E-state index in [1.54, 1.807) is 0 Å². The van der Waals surface area contributed by atoms with Gasteiger partial charge in [-0.25, -0.2) is 4.68 Å². The van der Waals surface area contributed by atoms with Crippen LogP contribution in [0.15, 0.2) is 72.8 Å². The van der Waals surface area contributed by atoms with Crippen LogP contribution >= 0.6 is 0 Å². The Labute approximate surface area is 146 Å². The number of fused-ring (bicyclic) bond motifs is 10. The fourth-order valence-corrected chi connectivity index (χ4v) is 4.51. The molecule has 0 amide bonds. The molecule has 3 heterocycles. The van der Waals surface area contributed by atoms with E-state index in [1.807, 2.05) is 0 Å². The van der Waals surface area contributed by atoms with Crippen molar-refractivity contribution in [2.75, 3.05) is 11.4 Å². The van der Waals surface area contributed by atoms with Crippen LogP contribution in [0, 0.1) is 0 Å². The molecule has 3 nitrogen and oxygen atoms in total. The normalized spacial score (nSPS) is 17.6. The van der Waals surface area contributed by atoms with Gasteiger partial charge in [0.05, 0.1) is 28.6 Å². The molecule has 6 rings (SSSR count). The number of anilines is 1. The van der Waals surface area contributed by atoms with E-state index in [1.165, 1.54) is 33.6 Å². The van der Waals surface area contributed by atoms with Crippen LogP contribution in [0.4, 0.5) is 5.69 Å². The van der Waals surface area contributed by atoms with Gasteiger partial charge in [0.15, 0.2) is 0 Å². The molecule has 2 aliphatic heterocycles. The minimum atomic E-state index is 0.229. The first-order valence-corrected chi connectivity index (χ1v) is 8.83. The van der Waals surface area contributed by atoms with E-state index in [-0.39, 0.29) is 6.04 Å². The molecular weight excluding hydrogens is 306 g/mol. The van der Waals surface area contributed by atoms with Crippen LogP contribution in [0.5, 0.6) is 0 Å². The zero-order valence-corrected chi connectivity index (χ0v) is 13.8. The van der Waals surface area contributed by atoms with Gasteiger partial charge in [-0.1, -0.05) is 54.6 Å². The molecule has 0 unspecified atom stereocenters. The summed E-state index contributed by atoms with van der Waals surface area (Å²) in [5.74, 6) is 0. The summed E-state index contributed by atoms with van der Waals surface area (Å²) in [4.78, 5) is 2.56. The molecule has 25 heavy (non-hydrogen) atoms. The Kier molecular flexibility index (Phi) is 2.51. The van der Waals surface area contributed by atoms with Crippen molar-refractivity contribution < 1.29 is 0 Å². The molecule has 2 aliphatic rings. The highest BCUT2D eigenvalue weighted by atomic mass is 15.4. The molecule has 0 fully saturated rings. The first kappa shape index (κ1) is 13.2. The lowest BCUT2D eigenvalue weighted by molar-refractivity contribution is 0.597. The second-order valence-electron chi connectivity index (χ2n) is 6.85. The zero-order chi connectivity index (χ0) is 16.4. The molecular formula is C22H17N3. The molecule has 1 atom stereocenters. The number of hydrogen-bond acceptors (Lipinski definition) is 2. The fraction of sp³-hybridized carbons (Fsp3) is 0.136. The maximum atomic E-state index is 4.95. The van der Waals surface area contributed by atoms with Crippen LogP contribution in [0.1, 0.15) is 22.9 Å². The van der Waals surface area contributed by atoms with Gasteiger partial charge in [-0.3, -0.25) is 0 Å². The summed E-state index contributed by atoms with van der Waals surface area (Å²) in [6.45, 7) is 1.04. The largest absolute Gasteiger partial charge is 0.357 e. The van der Waals surface area contributed by atoms with Gasteiger partial charge in [0.2, 0.25) is 0 Å². The van der Waals surface area contributed by atoms with Gasteiger partial charge in [0.1, 0.15) is 0 Å². The molecule has 0 saturated heterocycles. The van der Waals surface area contributed by atoms with Gasteiger partial charge in [0, 0.05) is 11.9 Å². The Hall–Kier alpha value is -3.07. The van der Waals surface area contributed by atoms with E-state index in [4.69, 9.17) is 5.10 Å². The average Bonchev–Trinajstić information content (AvgIpc) is 3.07. The first-order valence-electron chi connectivity index (χ1n) is 8.83. The molecule has 0 radical (unpaired) electrons. The fourth-order valence-electron chi connectivity index (χ4n) is 4.51. The predicted octanol–water partition coefficient (Wildman–Crippen LogP) is 4.49. The Morgan fingerprint density at radius 1 is 0.800 bits per heavy atom. The predicted molar refractivity (Wildman–Crippen MR) is 100 cm³/mol. The Bertz CT molecular complexity index is 1130. The third-order valence-corrected chi connectivity index (χ3v) is 5.58. The highest BCUT2D eigenvalue weighted by molar-refractivity contribution is 5.86. The zero-order valence-electron chi connectivity index (χ0n) is 13.8. The molecule has 3 heteroatoms. The Balaban J connectivity index is 1.75. The van der Waals surface area contributed by atoms with Gasteiger partial charge in [-0.05, 0) is 35.7 Å². The van der Waals surface area contributed by atoms with Crippen molar-refractivity contribution in [3.05, 3.63) is 89.6 Å². The summed E-state index contributed by atoms with van der Waals surface area (Å²) in [5.41, 5.74) is 7.69. The van der Waals surface area contributed by atoms with Crippen LogP contribution in [-0.2, 0) is 6.42 Å². The van der Waals surface area contributed by atoms with Gasteiger partial charge in [-0.2, -0.15) is 5.10 Å². The summed E-state index contributed by atoms with van der Waals surface area (Å²) in [5, 5.41) is 6.20. The standard InChI is InChI=1S/C22H17N3/c1-2-8-16-15(7-1)13-14-24-19-11-5-6-12-20(19)25-22(21(16)24)17-9-3-4-10-18(17)23-25/h1-12,21H,13-14H2/t21-/m1/s1. The number of para-hydroxylation sites is 2. The van der Waals surface area contributed by atoms with Gasteiger partial charge >= 0.3 is 0 Å². The minimum Gasteiger partial charge on any atom is -0.357 e. The highest BCUT2D eigenvalue weighted by Crippen LogP contribution is 2.46. The summed E-state index contributed by atoms with van der Waals surface area (Å²) in [6.07, 6.45) is 1.09. The van der Waals surface area contributed by atoms with Crippen LogP contribution in [-0.4, -0.2) is 16.3 Å². The SMILES string of the molecule is c1ccc2c(c1)CCN1c3ccccc3-n3nc4ccccc4c3[C@@H]21. The van der Waals surface area contributed by atoms with Gasteiger partial charge in [-0.15, -0.1) is 0 Å². The topological polar surface area (TPSA) is 21.1 Å². The lowest BCUT2D eigenvalue weighted by atomic mass is 9.87. The summed E-state index contributed by atoms with van der Waals surface area (Å²) < 4.78 is 2.17. The molecule has 1 aromatic heterocycles. The smallest absolute Gasteiger partial charge is 0.0977 e. The number of benzene rings is 3. The van der Waals surface area contributed by atoms with Crippen LogP contribution < -0.4 is 4.90 Å². The maximum absolute atomic E-state index is 4.95. The Morgan fingerprint density at radius 2 is 1.56 bits per heavy atom. The number of rotatable bonds is 0. The quantitative estimate of drug-likeness (QED) is 0.475. The summed E-state index contributed by atoms with van der Waals surface area (Å²) >= 11 is 0. The summed E-state index contributed by atoms with van der Waals surface area (Å²) in [7, 11) is 0. The molecule has 0 saturated carbocycles. The van der Waals surface area contributed by atoms with E-state index < -0.39 is 0 Å². The number of nitrogens with zero attached hydrogens (tertiary/aromatic N) is 3. The third-order valence-electron chi connectivity index (χ3n) is 5.58. The third kappa shape index (κ3) is 1.67. The van der Waals surface area contributed by atoms with Crippen molar-refractivity contribution in [2.45, 2.75) is 12.5 Å². The molecule has 120 valence electrons. The van der Waals surface area contributed by atoms with Crippen LogP contribution in [0.2, 0.25) is 0 Å². The lowest BCUT2D eigenvalue weighted by Gasteiger charge is -2.43. The molecule has 0 aliphatic carbocycles. The second-order valence-corrected chi connectivity index (χ2v) is 6.85. The van der Waals surface area contributed by atoms with Gasteiger partial charge in [0.25, 0.3) is 0 Å². The number of hydrogen-bond donors (Lipinski definition) is 0. The van der Waals surface area contributed by atoms with Crippen molar-refractivity contribution in [2.24, 2.45) is 0 Å². The second kappa shape index (κ2) is 4.73. The molecule has 0 bridgehead atoms. The lowest BCUT2D eigenvalue weighted by Crippen LogP contribution is -2.40. The van der Waals surface area contributed by atoms with Crippen molar-refractivity contribution in [3.8, 4) is 5.69 Å². The van der Waals surface area contributed by atoms with Crippen LogP contribution in [0.3, 0.4) is 0 Å². The van der Waals surface area contributed by atoms with Crippen molar-refractivity contribution in [1.82, 2.24) is 9.78 Å². The first-order chi connectivity index (χ1) is 12.4. The van der Waals surface area contributed by atoms with Gasteiger partial charge < -0.3 is 4.90 Å².